The number of aromatic nitrogens is 2. The minimum atomic E-state index is 0.638. The molecule has 0 saturated heterocycles. The Hall–Kier alpha value is -0.830. The van der Waals surface area contributed by atoms with Crippen LogP contribution in [0, 0.1) is 11.8 Å². The Labute approximate surface area is 117 Å². The van der Waals surface area contributed by atoms with E-state index in [1.807, 2.05) is 10.9 Å². The van der Waals surface area contributed by atoms with Crippen molar-refractivity contribution in [1.82, 2.24) is 15.1 Å². The molecule has 0 bridgehead atoms. The van der Waals surface area contributed by atoms with Crippen LogP contribution in [0.4, 0.5) is 0 Å². The molecule has 3 heteroatoms. The highest BCUT2D eigenvalue weighted by molar-refractivity contribution is 5.07. The molecule has 0 amide bonds. The summed E-state index contributed by atoms with van der Waals surface area (Å²) in [5.74, 6) is 1.76. The van der Waals surface area contributed by atoms with Crippen molar-refractivity contribution in [3.63, 3.8) is 0 Å². The third-order valence-electron chi connectivity index (χ3n) is 4.43. The standard InChI is InChI=1S/C16H29N3/c1-4-8-17-16(15-7-6-13(3)9-15)10-14-11-18-19(5-2)12-14/h11-13,15-17H,4-10H2,1-3H3. The van der Waals surface area contributed by atoms with E-state index < -0.39 is 0 Å². The molecule has 3 atom stereocenters. The van der Waals surface area contributed by atoms with Gasteiger partial charge in [-0.05, 0) is 56.6 Å². The molecule has 1 fully saturated rings. The van der Waals surface area contributed by atoms with Crippen molar-refractivity contribution in [3.8, 4) is 0 Å². The van der Waals surface area contributed by atoms with Crippen LogP contribution < -0.4 is 5.32 Å². The number of rotatable bonds is 7. The molecular formula is C16H29N3. The summed E-state index contributed by atoms with van der Waals surface area (Å²) in [5.41, 5.74) is 1.38. The van der Waals surface area contributed by atoms with Crippen molar-refractivity contribution < 1.29 is 0 Å². The Balaban J connectivity index is 1.96. The first-order valence-electron chi connectivity index (χ1n) is 7.97. The highest BCUT2D eigenvalue weighted by Crippen LogP contribution is 2.33. The second-order valence-electron chi connectivity index (χ2n) is 6.15. The van der Waals surface area contributed by atoms with E-state index in [4.69, 9.17) is 0 Å². The normalized spacial score (nSPS) is 24.8. The molecule has 0 spiro atoms. The van der Waals surface area contributed by atoms with Gasteiger partial charge in [0.2, 0.25) is 0 Å². The number of aryl methyl sites for hydroxylation is 1. The van der Waals surface area contributed by atoms with Crippen LogP contribution in [-0.2, 0) is 13.0 Å². The van der Waals surface area contributed by atoms with Crippen molar-refractivity contribution >= 4 is 0 Å². The molecular weight excluding hydrogens is 234 g/mol. The van der Waals surface area contributed by atoms with E-state index >= 15 is 0 Å². The van der Waals surface area contributed by atoms with Gasteiger partial charge in [0.05, 0.1) is 6.20 Å². The van der Waals surface area contributed by atoms with Crippen molar-refractivity contribution in [2.75, 3.05) is 6.54 Å². The Morgan fingerprint density at radius 2 is 2.26 bits per heavy atom. The fourth-order valence-corrected chi connectivity index (χ4v) is 3.29. The summed E-state index contributed by atoms with van der Waals surface area (Å²) < 4.78 is 2.03. The van der Waals surface area contributed by atoms with E-state index in [9.17, 15) is 0 Å². The molecule has 1 aliphatic rings. The highest BCUT2D eigenvalue weighted by Gasteiger charge is 2.28. The fraction of sp³-hybridized carbons (Fsp3) is 0.812. The second-order valence-corrected chi connectivity index (χ2v) is 6.15. The van der Waals surface area contributed by atoms with Gasteiger partial charge in [-0.3, -0.25) is 4.68 Å². The van der Waals surface area contributed by atoms with Gasteiger partial charge in [0.25, 0.3) is 0 Å². The van der Waals surface area contributed by atoms with Crippen LogP contribution in [-0.4, -0.2) is 22.4 Å². The van der Waals surface area contributed by atoms with E-state index in [-0.39, 0.29) is 0 Å². The van der Waals surface area contributed by atoms with Gasteiger partial charge >= 0.3 is 0 Å². The zero-order valence-corrected chi connectivity index (χ0v) is 12.7. The lowest BCUT2D eigenvalue weighted by molar-refractivity contribution is 0.348. The molecule has 108 valence electrons. The van der Waals surface area contributed by atoms with E-state index in [2.05, 4.69) is 37.4 Å². The molecule has 0 aliphatic heterocycles. The van der Waals surface area contributed by atoms with E-state index in [0.29, 0.717) is 6.04 Å². The van der Waals surface area contributed by atoms with Crippen molar-refractivity contribution in [3.05, 3.63) is 18.0 Å². The topological polar surface area (TPSA) is 29.9 Å². The van der Waals surface area contributed by atoms with Crippen LogP contribution in [0.5, 0.6) is 0 Å². The first kappa shape index (κ1) is 14.6. The van der Waals surface area contributed by atoms with Gasteiger partial charge in [-0.25, -0.2) is 0 Å². The zero-order valence-electron chi connectivity index (χ0n) is 12.7. The second kappa shape index (κ2) is 7.09. The molecule has 1 aromatic heterocycles. The molecule has 3 unspecified atom stereocenters. The Morgan fingerprint density at radius 1 is 1.42 bits per heavy atom. The van der Waals surface area contributed by atoms with Crippen molar-refractivity contribution in [1.29, 1.82) is 0 Å². The number of hydrogen-bond donors (Lipinski definition) is 1. The number of nitrogens with zero attached hydrogens (tertiary/aromatic N) is 2. The summed E-state index contributed by atoms with van der Waals surface area (Å²) in [4.78, 5) is 0. The molecule has 19 heavy (non-hydrogen) atoms. The quantitative estimate of drug-likeness (QED) is 0.818. The molecule has 0 aromatic carbocycles. The molecule has 1 heterocycles. The predicted molar refractivity (Wildman–Crippen MR) is 80.2 cm³/mol. The summed E-state index contributed by atoms with van der Waals surface area (Å²) in [6.07, 6.45) is 10.8. The summed E-state index contributed by atoms with van der Waals surface area (Å²) in [6, 6.07) is 0.638. The van der Waals surface area contributed by atoms with Crippen LogP contribution in [0.15, 0.2) is 12.4 Å². The van der Waals surface area contributed by atoms with Gasteiger partial charge in [0.15, 0.2) is 0 Å². The average molecular weight is 263 g/mol. The van der Waals surface area contributed by atoms with Gasteiger partial charge in [-0.15, -0.1) is 0 Å². The maximum atomic E-state index is 4.40. The number of nitrogens with one attached hydrogen (secondary N) is 1. The molecule has 3 nitrogen and oxygen atoms in total. The summed E-state index contributed by atoms with van der Waals surface area (Å²) in [7, 11) is 0. The summed E-state index contributed by atoms with van der Waals surface area (Å²) in [5, 5.41) is 8.17. The highest BCUT2D eigenvalue weighted by atomic mass is 15.3. The van der Waals surface area contributed by atoms with E-state index in [1.165, 1.54) is 31.2 Å². The molecule has 1 N–H and O–H groups in total. The lowest BCUT2D eigenvalue weighted by Gasteiger charge is -2.24. The first-order valence-corrected chi connectivity index (χ1v) is 7.97. The Morgan fingerprint density at radius 3 is 2.84 bits per heavy atom. The minimum Gasteiger partial charge on any atom is -0.313 e. The lowest BCUT2D eigenvalue weighted by Crippen LogP contribution is -2.37. The van der Waals surface area contributed by atoms with Crippen LogP contribution in [0.3, 0.4) is 0 Å². The lowest BCUT2D eigenvalue weighted by atomic mass is 9.92. The monoisotopic (exact) mass is 263 g/mol. The van der Waals surface area contributed by atoms with Crippen molar-refractivity contribution in [2.45, 2.75) is 65.5 Å². The Bertz CT molecular complexity index is 372. The van der Waals surface area contributed by atoms with Crippen LogP contribution in [0.1, 0.15) is 52.0 Å². The molecule has 1 saturated carbocycles. The smallest absolute Gasteiger partial charge is 0.0522 e. The van der Waals surface area contributed by atoms with Gasteiger partial charge in [0.1, 0.15) is 0 Å². The van der Waals surface area contributed by atoms with E-state index in [0.717, 1.165) is 31.3 Å². The molecule has 0 radical (unpaired) electrons. The third kappa shape index (κ3) is 4.07. The van der Waals surface area contributed by atoms with Gasteiger partial charge in [-0.1, -0.05) is 20.3 Å². The van der Waals surface area contributed by atoms with Crippen LogP contribution in [0.25, 0.3) is 0 Å². The van der Waals surface area contributed by atoms with Gasteiger partial charge in [-0.2, -0.15) is 5.10 Å². The minimum absolute atomic E-state index is 0.638. The van der Waals surface area contributed by atoms with Crippen LogP contribution >= 0.6 is 0 Å². The van der Waals surface area contributed by atoms with Crippen LogP contribution in [0.2, 0.25) is 0 Å². The summed E-state index contributed by atoms with van der Waals surface area (Å²) in [6.45, 7) is 8.88. The van der Waals surface area contributed by atoms with E-state index in [1.54, 1.807) is 0 Å². The number of hydrogen-bond acceptors (Lipinski definition) is 2. The van der Waals surface area contributed by atoms with Gasteiger partial charge in [0, 0.05) is 18.8 Å². The predicted octanol–water partition coefficient (Wildman–Crippen LogP) is 3.25. The third-order valence-corrected chi connectivity index (χ3v) is 4.43. The largest absolute Gasteiger partial charge is 0.313 e. The van der Waals surface area contributed by atoms with Crippen molar-refractivity contribution in [2.24, 2.45) is 11.8 Å². The molecule has 1 aliphatic carbocycles. The van der Waals surface area contributed by atoms with Gasteiger partial charge < -0.3 is 5.32 Å². The fourth-order valence-electron chi connectivity index (χ4n) is 3.29. The maximum absolute atomic E-state index is 4.40. The molecule has 1 aromatic rings. The maximum Gasteiger partial charge on any atom is 0.0522 e. The molecule has 2 rings (SSSR count). The SMILES string of the molecule is CCCNC(Cc1cnn(CC)c1)C1CCC(C)C1. The average Bonchev–Trinajstić information content (AvgIpc) is 3.03. The first-order chi connectivity index (χ1) is 9.22. The zero-order chi connectivity index (χ0) is 13.7. The summed E-state index contributed by atoms with van der Waals surface area (Å²) >= 11 is 0. The Kier molecular flexibility index (Phi) is 5.44.